The number of amides is 1. The molecule has 0 aliphatic heterocycles. The zero-order valence-corrected chi connectivity index (χ0v) is 14.4. The summed E-state index contributed by atoms with van der Waals surface area (Å²) in [5, 5.41) is 9.17. The molecule has 0 radical (unpaired) electrons. The molecule has 24 heavy (non-hydrogen) atoms. The Morgan fingerprint density at radius 3 is 2.88 bits per heavy atom. The molecule has 0 saturated carbocycles. The van der Waals surface area contributed by atoms with E-state index in [0.29, 0.717) is 23.1 Å². The summed E-state index contributed by atoms with van der Waals surface area (Å²) < 4.78 is 17.8. The van der Waals surface area contributed by atoms with Crippen LogP contribution in [0.15, 0.2) is 40.2 Å². The van der Waals surface area contributed by atoms with Crippen LogP contribution in [-0.4, -0.2) is 21.8 Å². The fourth-order valence-corrected chi connectivity index (χ4v) is 3.60. The number of thioether (sulfide) groups is 1. The number of thiazole rings is 1. The minimum absolute atomic E-state index is 0.137. The van der Waals surface area contributed by atoms with Gasteiger partial charge in [0.15, 0.2) is 5.82 Å². The van der Waals surface area contributed by atoms with Gasteiger partial charge in [-0.05, 0) is 31.2 Å². The molecule has 2 heterocycles. The Balaban J connectivity index is 1.48. The van der Waals surface area contributed by atoms with Crippen LogP contribution in [0.4, 0.5) is 10.2 Å². The fraction of sp³-hybridized carbons (Fsp3) is 0.188. The molecule has 1 aromatic carbocycles. The third-order valence-corrected chi connectivity index (χ3v) is 4.93. The topological polar surface area (TPSA) is 68.0 Å². The third-order valence-electron chi connectivity index (χ3n) is 3.02. The van der Waals surface area contributed by atoms with Gasteiger partial charge in [-0.15, -0.1) is 23.1 Å². The van der Waals surface area contributed by atoms with Gasteiger partial charge in [0.1, 0.15) is 16.6 Å². The van der Waals surface area contributed by atoms with E-state index < -0.39 is 0 Å². The number of aryl methyl sites for hydroxylation is 1. The maximum absolute atomic E-state index is 12.9. The molecule has 1 N–H and O–H groups in total. The lowest BCUT2D eigenvalue weighted by atomic mass is 10.2. The maximum atomic E-state index is 12.9. The zero-order valence-electron chi connectivity index (χ0n) is 12.8. The SMILES string of the molecule is Cc1cc(NC(=O)CSCc2csc(-c3ccc(F)cc3)n2)no1. The first-order valence-corrected chi connectivity index (χ1v) is 9.15. The molecular formula is C16H14FN3O2S2. The standard InChI is InChI=1S/C16H14FN3O2S2/c1-10-6-14(20-22-10)19-15(21)9-23-7-13-8-24-16(18-13)11-2-4-12(17)5-3-11/h2-6,8H,7,9H2,1H3,(H,19,20,21). The first-order chi connectivity index (χ1) is 11.6. The number of anilines is 1. The Morgan fingerprint density at radius 1 is 1.38 bits per heavy atom. The first kappa shape index (κ1) is 16.7. The molecule has 8 heteroatoms. The molecular weight excluding hydrogens is 349 g/mol. The van der Waals surface area contributed by atoms with Crippen molar-refractivity contribution in [3.05, 3.63) is 53.0 Å². The monoisotopic (exact) mass is 363 g/mol. The van der Waals surface area contributed by atoms with Crippen molar-refractivity contribution in [1.29, 1.82) is 0 Å². The Bertz CT molecular complexity index is 830. The van der Waals surface area contributed by atoms with E-state index in [0.717, 1.165) is 16.3 Å². The highest BCUT2D eigenvalue weighted by molar-refractivity contribution is 7.99. The number of rotatable bonds is 6. The van der Waals surface area contributed by atoms with Gasteiger partial charge in [0.25, 0.3) is 0 Å². The van der Waals surface area contributed by atoms with Crippen LogP contribution in [0, 0.1) is 12.7 Å². The highest BCUT2D eigenvalue weighted by Gasteiger charge is 2.08. The second kappa shape index (κ2) is 7.59. The smallest absolute Gasteiger partial charge is 0.235 e. The van der Waals surface area contributed by atoms with Crippen LogP contribution in [-0.2, 0) is 10.5 Å². The van der Waals surface area contributed by atoms with E-state index in [1.54, 1.807) is 25.1 Å². The van der Waals surface area contributed by atoms with E-state index >= 15 is 0 Å². The largest absolute Gasteiger partial charge is 0.360 e. The second-order valence-electron chi connectivity index (χ2n) is 5.01. The van der Waals surface area contributed by atoms with Crippen molar-refractivity contribution in [2.24, 2.45) is 0 Å². The van der Waals surface area contributed by atoms with Gasteiger partial charge in [0.05, 0.1) is 11.4 Å². The Kier molecular flexibility index (Phi) is 5.27. The molecule has 3 aromatic rings. The summed E-state index contributed by atoms with van der Waals surface area (Å²) in [5.41, 5.74) is 1.78. The van der Waals surface area contributed by atoms with Crippen molar-refractivity contribution in [1.82, 2.24) is 10.1 Å². The van der Waals surface area contributed by atoms with Gasteiger partial charge < -0.3 is 9.84 Å². The number of halogens is 1. The fourth-order valence-electron chi connectivity index (χ4n) is 1.95. The molecule has 0 atom stereocenters. The second-order valence-corrected chi connectivity index (χ2v) is 6.86. The quantitative estimate of drug-likeness (QED) is 0.713. The minimum Gasteiger partial charge on any atom is -0.360 e. The van der Waals surface area contributed by atoms with Crippen LogP contribution in [0.3, 0.4) is 0 Å². The van der Waals surface area contributed by atoms with E-state index in [-0.39, 0.29) is 11.7 Å². The van der Waals surface area contributed by atoms with Gasteiger partial charge in [-0.2, -0.15) is 0 Å². The predicted molar refractivity (Wildman–Crippen MR) is 93.5 cm³/mol. The molecule has 0 spiro atoms. The number of carbonyl (C=O) groups is 1. The average Bonchev–Trinajstić information content (AvgIpc) is 3.17. The van der Waals surface area contributed by atoms with Gasteiger partial charge in [-0.3, -0.25) is 4.79 Å². The minimum atomic E-state index is -0.264. The van der Waals surface area contributed by atoms with Crippen LogP contribution in [0.5, 0.6) is 0 Å². The van der Waals surface area contributed by atoms with Gasteiger partial charge in [0.2, 0.25) is 5.91 Å². The van der Waals surface area contributed by atoms with Gasteiger partial charge in [0, 0.05) is 22.8 Å². The number of aromatic nitrogens is 2. The number of hydrogen-bond acceptors (Lipinski definition) is 6. The summed E-state index contributed by atoms with van der Waals surface area (Å²) in [6.45, 7) is 1.76. The number of hydrogen-bond donors (Lipinski definition) is 1. The van der Waals surface area contributed by atoms with Crippen molar-refractivity contribution < 1.29 is 13.7 Å². The lowest BCUT2D eigenvalue weighted by Gasteiger charge is -2.00. The summed E-state index contributed by atoms with van der Waals surface area (Å²) in [7, 11) is 0. The third kappa shape index (κ3) is 4.42. The molecule has 2 aromatic heterocycles. The van der Waals surface area contributed by atoms with Crippen LogP contribution >= 0.6 is 23.1 Å². The summed E-state index contributed by atoms with van der Waals surface area (Å²) in [4.78, 5) is 16.3. The molecule has 0 fully saturated rings. The molecule has 0 aliphatic rings. The molecule has 0 saturated heterocycles. The van der Waals surface area contributed by atoms with Gasteiger partial charge in [-0.1, -0.05) is 5.16 Å². The average molecular weight is 363 g/mol. The Morgan fingerprint density at radius 2 is 2.17 bits per heavy atom. The summed E-state index contributed by atoms with van der Waals surface area (Å²) >= 11 is 2.97. The molecule has 3 rings (SSSR count). The number of benzene rings is 1. The van der Waals surface area contributed by atoms with Gasteiger partial charge in [-0.25, -0.2) is 9.37 Å². The molecule has 5 nitrogen and oxygen atoms in total. The van der Waals surface area contributed by atoms with Crippen LogP contribution in [0.1, 0.15) is 11.5 Å². The summed E-state index contributed by atoms with van der Waals surface area (Å²) in [6.07, 6.45) is 0. The van der Waals surface area contributed by atoms with Crippen molar-refractivity contribution in [2.45, 2.75) is 12.7 Å². The molecule has 1 amide bonds. The lowest BCUT2D eigenvalue weighted by Crippen LogP contribution is -2.14. The first-order valence-electron chi connectivity index (χ1n) is 7.11. The number of nitrogens with zero attached hydrogens (tertiary/aromatic N) is 2. The zero-order chi connectivity index (χ0) is 16.9. The molecule has 0 bridgehead atoms. The van der Waals surface area contributed by atoms with Gasteiger partial charge >= 0.3 is 0 Å². The molecule has 0 unspecified atom stereocenters. The normalized spacial score (nSPS) is 10.8. The van der Waals surface area contributed by atoms with Crippen molar-refractivity contribution in [3.63, 3.8) is 0 Å². The lowest BCUT2D eigenvalue weighted by molar-refractivity contribution is -0.113. The van der Waals surface area contributed by atoms with E-state index in [2.05, 4.69) is 15.5 Å². The maximum Gasteiger partial charge on any atom is 0.235 e. The van der Waals surface area contributed by atoms with E-state index in [9.17, 15) is 9.18 Å². The highest BCUT2D eigenvalue weighted by Crippen LogP contribution is 2.25. The van der Waals surface area contributed by atoms with E-state index in [1.165, 1.54) is 35.2 Å². The van der Waals surface area contributed by atoms with Crippen LogP contribution in [0.25, 0.3) is 10.6 Å². The Labute approximate surface area is 146 Å². The highest BCUT2D eigenvalue weighted by atomic mass is 32.2. The van der Waals surface area contributed by atoms with Crippen molar-refractivity contribution >= 4 is 34.8 Å². The molecule has 0 aliphatic carbocycles. The Hall–Kier alpha value is -2.19. The molecule has 124 valence electrons. The van der Waals surface area contributed by atoms with E-state index in [1.807, 2.05) is 5.38 Å². The summed E-state index contributed by atoms with van der Waals surface area (Å²) in [6, 6.07) is 7.91. The number of nitrogens with one attached hydrogen (secondary N) is 1. The predicted octanol–water partition coefficient (Wildman–Crippen LogP) is 4.12. The van der Waals surface area contributed by atoms with Crippen molar-refractivity contribution in [2.75, 3.05) is 11.1 Å². The van der Waals surface area contributed by atoms with Crippen LogP contribution in [0.2, 0.25) is 0 Å². The number of carbonyl (C=O) groups excluding carboxylic acids is 1. The summed E-state index contributed by atoms with van der Waals surface area (Å²) in [5.74, 6) is 1.60. The van der Waals surface area contributed by atoms with E-state index in [4.69, 9.17) is 4.52 Å². The van der Waals surface area contributed by atoms with Crippen molar-refractivity contribution in [3.8, 4) is 10.6 Å². The van der Waals surface area contributed by atoms with Crippen LogP contribution < -0.4 is 5.32 Å².